The second kappa shape index (κ2) is 10.7. The lowest BCUT2D eigenvalue weighted by Crippen LogP contribution is -2.53. The van der Waals surface area contributed by atoms with Crippen LogP contribution >= 0.6 is 0 Å². The van der Waals surface area contributed by atoms with Crippen LogP contribution in [0.1, 0.15) is 52.9 Å². The summed E-state index contributed by atoms with van der Waals surface area (Å²) in [5, 5.41) is 6.58. The lowest BCUT2D eigenvalue weighted by atomic mass is 9.88. The van der Waals surface area contributed by atoms with E-state index in [-0.39, 0.29) is 18.4 Å². The number of nitrogens with one attached hydrogen (secondary N) is 1. The maximum Gasteiger partial charge on any atom is 0.333 e. The van der Waals surface area contributed by atoms with Crippen molar-refractivity contribution in [2.24, 2.45) is 5.11 Å². The molecule has 0 fully saturated rings. The Kier molecular flexibility index (Phi) is 9.02. The van der Waals surface area contributed by atoms with Crippen LogP contribution < -0.4 is 5.32 Å². The van der Waals surface area contributed by atoms with Crippen molar-refractivity contribution in [1.29, 1.82) is 0 Å². The quantitative estimate of drug-likeness (QED) is 0.297. The SMILES string of the molecule is CCCC(CCC)O[C@@H]1C=C(C(=O)OC)C[C@H](N=[N+]=[N-])[C@H]1NC(C)=O. The number of ether oxygens (including phenoxy) is 2. The zero-order valence-electron chi connectivity index (χ0n) is 15.4. The van der Waals surface area contributed by atoms with E-state index in [2.05, 4.69) is 29.2 Å². The lowest BCUT2D eigenvalue weighted by molar-refractivity contribution is -0.136. The van der Waals surface area contributed by atoms with Crippen LogP contribution in [0.15, 0.2) is 16.8 Å². The number of carbonyl (C=O) groups is 2. The van der Waals surface area contributed by atoms with Gasteiger partial charge in [-0.25, -0.2) is 4.79 Å². The minimum atomic E-state index is -0.609. The molecule has 0 saturated heterocycles. The molecular formula is C17H28N4O4. The van der Waals surface area contributed by atoms with Crippen LogP contribution in [0.4, 0.5) is 0 Å². The van der Waals surface area contributed by atoms with Gasteiger partial charge in [0.05, 0.1) is 31.4 Å². The van der Waals surface area contributed by atoms with Gasteiger partial charge >= 0.3 is 5.97 Å². The number of amides is 1. The van der Waals surface area contributed by atoms with Crippen molar-refractivity contribution in [1.82, 2.24) is 5.32 Å². The van der Waals surface area contributed by atoms with Crippen LogP contribution in [0.25, 0.3) is 10.4 Å². The topological polar surface area (TPSA) is 113 Å². The summed E-state index contributed by atoms with van der Waals surface area (Å²) in [5.41, 5.74) is 9.26. The molecule has 1 N–H and O–H groups in total. The molecule has 0 aromatic heterocycles. The molecule has 8 nitrogen and oxygen atoms in total. The van der Waals surface area contributed by atoms with Crippen molar-refractivity contribution in [3.63, 3.8) is 0 Å². The molecule has 0 unspecified atom stereocenters. The molecule has 0 aromatic carbocycles. The van der Waals surface area contributed by atoms with Crippen LogP contribution in [-0.4, -0.2) is 43.3 Å². The molecular weight excluding hydrogens is 324 g/mol. The molecule has 0 radical (unpaired) electrons. The summed E-state index contributed by atoms with van der Waals surface area (Å²) in [5.74, 6) is -0.718. The highest BCUT2D eigenvalue weighted by Gasteiger charge is 2.37. The largest absolute Gasteiger partial charge is 0.466 e. The fraction of sp³-hybridized carbons (Fsp3) is 0.765. The molecule has 0 aliphatic heterocycles. The van der Waals surface area contributed by atoms with E-state index in [0.717, 1.165) is 25.7 Å². The second-order valence-electron chi connectivity index (χ2n) is 6.19. The van der Waals surface area contributed by atoms with Gasteiger partial charge in [-0.05, 0) is 30.9 Å². The Hall–Kier alpha value is -2.05. The summed E-state index contributed by atoms with van der Waals surface area (Å²) in [6.45, 7) is 5.56. The minimum absolute atomic E-state index is 0.0104. The van der Waals surface area contributed by atoms with Crippen LogP contribution in [0.2, 0.25) is 0 Å². The molecule has 0 saturated carbocycles. The van der Waals surface area contributed by atoms with E-state index in [1.165, 1.54) is 14.0 Å². The predicted molar refractivity (Wildman–Crippen MR) is 93.7 cm³/mol. The average molecular weight is 352 g/mol. The highest BCUT2D eigenvalue weighted by molar-refractivity contribution is 5.89. The van der Waals surface area contributed by atoms with Gasteiger partial charge in [0, 0.05) is 17.4 Å². The van der Waals surface area contributed by atoms with Crippen molar-refractivity contribution in [2.75, 3.05) is 7.11 Å². The smallest absolute Gasteiger partial charge is 0.333 e. The summed E-state index contributed by atoms with van der Waals surface area (Å²) in [7, 11) is 1.30. The average Bonchev–Trinajstić information content (AvgIpc) is 2.57. The highest BCUT2D eigenvalue weighted by Crippen LogP contribution is 2.27. The van der Waals surface area contributed by atoms with Crippen molar-refractivity contribution in [2.45, 2.75) is 77.2 Å². The fourth-order valence-electron chi connectivity index (χ4n) is 3.09. The normalized spacial score (nSPS) is 22.8. The Bertz CT molecular complexity index is 537. The molecule has 3 atom stereocenters. The zero-order valence-corrected chi connectivity index (χ0v) is 15.4. The molecule has 140 valence electrons. The standard InChI is InChI=1S/C17H28N4O4/c1-5-7-13(8-6-2)25-15-10-12(17(23)24-4)9-14(20-21-18)16(15)19-11(3)22/h10,13-16H,5-9H2,1-4H3,(H,19,22)/t14-,15+,16+/m0/s1. The molecule has 1 rings (SSSR count). The predicted octanol–water partition coefficient (Wildman–Crippen LogP) is 3.03. The maximum absolute atomic E-state index is 12.0. The van der Waals surface area contributed by atoms with Crippen LogP contribution in [0.3, 0.4) is 0 Å². The summed E-state index contributed by atoms with van der Waals surface area (Å²) in [4.78, 5) is 26.4. The van der Waals surface area contributed by atoms with Gasteiger partial charge in [0.2, 0.25) is 5.91 Å². The zero-order chi connectivity index (χ0) is 18.8. The van der Waals surface area contributed by atoms with E-state index in [1.54, 1.807) is 6.08 Å². The molecule has 0 bridgehead atoms. The molecule has 1 aliphatic carbocycles. The first kappa shape index (κ1) is 21.0. The van der Waals surface area contributed by atoms with Gasteiger partial charge < -0.3 is 14.8 Å². The number of azide groups is 1. The first-order valence-corrected chi connectivity index (χ1v) is 8.72. The van der Waals surface area contributed by atoms with Crippen LogP contribution in [-0.2, 0) is 19.1 Å². The molecule has 1 amide bonds. The summed E-state index contributed by atoms with van der Waals surface area (Å²) >= 11 is 0. The number of nitrogens with zero attached hydrogens (tertiary/aromatic N) is 3. The van der Waals surface area contributed by atoms with Gasteiger partial charge in [0.1, 0.15) is 0 Å². The molecule has 0 heterocycles. The first-order chi connectivity index (χ1) is 12.0. The Labute approximate surface area is 148 Å². The number of rotatable bonds is 9. The number of carbonyl (C=O) groups excluding carboxylic acids is 2. The molecule has 0 spiro atoms. The van der Waals surface area contributed by atoms with Crippen LogP contribution in [0, 0.1) is 0 Å². The molecule has 25 heavy (non-hydrogen) atoms. The number of hydrogen-bond donors (Lipinski definition) is 1. The fourth-order valence-corrected chi connectivity index (χ4v) is 3.09. The lowest BCUT2D eigenvalue weighted by Gasteiger charge is -2.36. The minimum Gasteiger partial charge on any atom is -0.466 e. The van der Waals surface area contributed by atoms with E-state index >= 15 is 0 Å². The van der Waals surface area contributed by atoms with Crippen molar-refractivity contribution in [3.05, 3.63) is 22.1 Å². The first-order valence-electron chi connectivity index (χ1n) is 8.72. The Balaban J connectivity index is 3.16. The van der Waals surface area contributed by atoms with E-state index < -0.39 is 24.2 Å². The Morgan fingerprint density at radius 1 is 1.40 bits per heavy atom. The van der Waals surface area contributed by atoms with Gasteiger partial charge in [0.25, 0.3) is 0 Å². The Morgan fingerprint density at radius 2 is 2.04 bits per heavy atom. The maximum atomic E-state index is 12.0. The third kappa shape index (κ3) is 6.40. The third-order valence-electron chi connectivity index (χ3n) is 4.15. The second-order valence-corrected chi connectivity index (χ2v) is 6.19. The van der Waals surface area contributed by atoms with Gasteiger partial charge in [-0.15, -0.1) is 0 Å². The summed E-state index contributed by atoms with van der Waals surface area (Å²) in [6, 6.07) is -1.13. The Morgan fingerprint density at radius 3 is 2.52 bits per heavy atom. The number of hydrogen-bond acceptors (Lipinski definition) is 5. The van der Waals surface area contributed by atoms with Gasteiger partial charge in [-0.2, -0.15) is 0 Å². The van der Waals surface area contributed by atoms with Crippen molar-refractivity contribution < 1.29 is 19.1 Å². The van der Waals surface area contributed by atoms with Crippen molar-refractivity contribution >= 4 is 11.9 Å². The monoisotopic (exact) mass is 352 g/mol. The van der Waals surface area contributed by atoms with E-state index in [1.807, 2.05) is 0 Å². The number of methoxy groups -OCH3 is 1. The third-order valence-corrected chi connectivity index (χ3v) is 4.15. The van der Waals surface area contributed by atoms with Gasteiger partial charge in [-0.1, -0.05) is 31.8 Å². The summed E-state index contributed by atoms with van der Waals surface area (Å²) < 4.78 is 11.0. The van der Waals surface area contributed by atoms with E-state index in [0.29, 0.717) is 5.57 Å². The van der Waals surface area contributed by atoms with Gasteiger partial charge in [0.15, 0.2) is 0 Å². The van der Waals surface area contributed by atoms with Crippen LogP contribution in [0.5, 0.6) is 0 Å². The summed E-state index contributed by atoms with van der Waals surface area (Å²) in [6.07, 6.45) is 5.05. The number of esters is 1. The van der Waals surface area contributed by atoms with E-state index in [4.69, 9.17) is 15.0 Å². The molecule has 8 heteroatoms. The highest BCUT2D eigenvalue weighted by atomic mass is 16.5. The van der Waals surface area contributed by atoms with Crippen molar-refractivity contribution in [3.8, 4) is 0 Å². The van der Waals surface area contributed by atoms with Gasteiger partial charge in [-0.3, -0.25) is 4.79 Å². The van der Waals surface area contributed by atoms with E-state index in [9.17, 15) is 9.59 Å². The molecule has 1 aliphatic rings. The molecule has 0 aromatic rings.